The van der Waals surface area contributed by atoms with Gasteiger partial charge in [-0.3, -0.25) is 9.69 Å². The van der Waals surface area contributed by atoms with Gasteiger partial charge in [-0.15, -0.1) is 0 Å². The first kappa shape index (κ1) is 15.2. The molecule has 1 aromatic heterocycles. The zero-order valence-electron chi connectivity index (χ0n) is 13.2. The van der Waals surface area contributed by atoms with Gasteiger partial charge in [0.2, 0.25) is 5.95 Å². The smallest absolute Gasteiger partial charge is 0.317 e. The van der Waals surface area contributed by atoms with Gasteiger partial charge in [0, 0.05) is 30.0 Å². The van der Waals surface area contributed by atoms with E-state index in [1.807, 2.05) is 19.9 Å². The Hall–Kier alpha value is -1.69. The van der Waals surface area contributed by atoms with Crippen molar-refractivity contribution in [3.8, 4) is 0 Å². The summed E-state index contributed by atoms with van der Waals surface area (Å²) in [4.78, 5) is 22.0. The maximum absolute atomic E-state index is 11.0. The van der Waals surface area contributed by atoms with E-state index in [0.717, 1.165) is 30.8 Å². The second kappa shape index (κ2) is 6.20. The predicted molar refractivity (Wildman–Crippen MR) is 83.9 cm³/mol. The minimum absolute atomic E-state index is 0.161. The maximum atomic E-state index is 11.0. The van der Waals surface area contributed by atoms with Crippen LogP contribution in [0.4, 0.5) is 5.95 Å². The Morgan fingerprint density at radius 1 is 1.32 bits per heavy atom. The van der Waals surface area contributed by atoms with E-state index in [4.69, 9.17) is 5.11 Å². The third-order valence-corrected chi connectivity index (χ3v) is 4.47. The molecule has 0 saturated heterocycles. The number of nitrogens with one attached hydrogen (secondary N) is 1. The standard InChI is InChI=1S/C16H24N4O2/c1-10-5-11(2)18-16(17-10)19-13-6-14(7-13)20(9-15(21)22)8-12-3-4-12/h5,12-14H,3-4,6-9H2,1-2H3,(H,21,22)(H,17,18,19). The summed E-state index contributed by atoms with van der Waals surface area (Å²) in [6, 6.07) is 2.68. The van der Waals surface area contributed by atoms with Crippen LogP contribution >= 0.6 is 0 Å². The van der Waals surface area contributed by atoms with E-state index in [9.17, 15) is 4.79 Å². The quantitative estimate of drug-likeness (QED) is 0.800. The fourth-order valence-corrected chi connectivity index (χ4v) is 3.13. The average molecular weight is 304 g/mol. The van der Waals surface area contributed by atoms with Crippen LogP contribution in [0.2, 0.25) is 0 Å². The van der Waals surface area contributed by atoms with Crippen molar-refractivity contribution in [2.75, 3.05) is 18.4 Å². The van der Waals surface area contributed by atoms with Gasteiger partial charge in [-0.25, -0.2) is 9.97 Å². The van der Waals surface area contributed by atoms with Gasteiger partial charge in [0.1, 0.15) is 0 Å². The van der Waals surface area contributed by atoms with Crippen molar-refractivity contribution >= 4 is 11.9 Å². The number of aliphatic carboxylic acids is 1. The number of aryl methyl sites for hydroxylation is 2. The molecule has 2 aliphatic rings. The summed E-state index contributed by atoms with van der Waals surface area (Å²) < 4.78 is 0. The maximum Gasteiger partial charge on any atom is 0.317 e. The third-order valence-electron chi connectivity index (χ3n) is 4.47. The van der Waals surface area contributed by atoms with Gasteiger partial charge < -0.3 is 10.4 Å². The van der Waals surface area contributed by atoms with Crippen LogP contribution in [-0.4, -0.2) is 51.1 Å². The third kappa shape index (κ3) is 3.94. The molecule has 2 aliphatic carbocycles. The van der Waals surface area contributed by atoms with Crippen LogP contribution in [0.3, 0.4) is 0 Å². The molecule has 0 aliphatic heterocycles. The molecule has 0 unspecified atom stereocenters. The van der Waals surface area contributed by atoms with Crippen LogP contribution in [-0.2, 0) is 4.79 Å². The van der Waals surface area contributed by atoms with Crippen LogP contribution in [0.5, 0.6) is 0 Å². The molecule has 0 atom stereocenters. The lowest BCUT2D eigenvalue weighted by molar-refractivity contribution is -0.139. The SMILES string of the molecule is Cc1cc(C)nc(NC2CC(N(CC(=O)O)CC3CC3)C2)n1. The highest BCUT2D eigenvalue weighted by molar-refractivity contribution is 5.69. The largest absolute Gasteiger partial charge is 0.480 e. The molecule has 6 nitrogen and oxygen atoms in total. The van der Waals surface area contributed by atoms with Gasteiger partial charge in [0.15, 0.2) is 0 Å². The summed E-state index contributed by atoms with van der Waals surface area (Å²) in [6.45, 7) is 5.03. The number of aromatic nitrogens is 2. The van der Waals surface area contributed by atoms with E-state index in [0.29, 0.717) is 23.9 Å². The minimum atomic E-state index is -0.727. The number of carboxylic acid groups (broad SMARTS) is 1. The zero-order valence-corrected chi connectivity index (χ0v) is 13.2. The van der Waals surface area contributed by atoms with Gasteiger partial charge in [-0.2, -0.15) is 0 Å². The molecule has 1 aromatic rings. The minimum Gasteiger partial charge on any atom is -0.480 e. The molecule has 0 spiro atoms. The lowest BCUT2D eigenvalue weighted by atomic mass is 9.85. The number of carbonyl (C=O) groups is 1. The molecule has 2 saturated carbocycles. The summed E-state index contributed by atoms with van der Waals surface area (Å²) in [6.07, 6.45) is 4.44. The van der Waals surface area contributed by atoms with Crippen LogP contribution in [0.1, 0.15) is 37.1 Å². The molecule has 0 bridgehead atoms. The van der Waals surface area contributed by atoms with Crippen LogP contribution in [0.25, 0.3) is 0 Å². The van der Waals surface area contributed by atoms with Gasteiger partial charge in [-0.05, 0) is 51.5 Å². The Balaban J connectivity index is 1.52. The topological polar surface area (TPSA) is 78.4 Å². The highest BCUT2D eigenvalue weighted by atomic mass is 16.4. The Kier molecular flexibility index (Phi) is 4.29. The second-order valence-electron chi connectivity index (χ2n) is 6.71. The molecular weight excluding hydrogens is 280 g/mol. The Morgan fingerprint density at radius 3 is 2.50 bits per heavy atom. The molecule has 3 rings (SSSR count). The molecule has 6 heteroatoms. The van der Waals surface area contributed by atoms with Crippen LogP contribution < -0.4 is 5.32 Å². The number of nitrogens with zero attached hydrogens (tertiary/aromatic N) is 3. The van der Waals surface area contributed by atoms with Crippen molar-refractivity contribution < 1.29 is 9.90 Å². The van der Waals surface area contributed by atoms with Crippen molar-refractivity contribution in [2.24, 2.45) is 5.92 Å². The molecule has 1 heterocycles. The van der Waals surface area contributed by atoms with Crippen molar-refractivity contribution in [1.29, 1.82) is 0 Å². The molecule has 2 fully saturated rings. The highest BCUT2D eigenvalue weighted by Gasteiger charge is 2.37. The molecule has 0 radical (unpaired) electrons. The van der Waals surface area contributed by atoms with E-state index in [1.165, 1.54) is 12.8 Å². The normalized spacial score (nSPS) is 24.1. The van der Waals surface area contributed by atoms with Crippen molar-refractivity contribution in [3.05, 3.63) is 17.5 Å². The Morgan fingerprint density at radius 2 is 1.95 bits per heavy atom. The summed E-state index contributed by atoms with van der Waals surface area (Å²) >= 11 is 0. The first-order valence-corrected chi connectivity index (χ1v) is 8.04. The summed E-state index contributed by atoms with van der Waals surface area (Å²) in [5.41, 5.74) is 1.93. The number of carboxylic acids is 1. The molecule has 0 amide bonds. The summed E-state index contributed by atoms with van der Waals surface area (Å²) in [5.74, 6) is 0.678. The van der Waals surface area contributed by atoms with Crippen molar-refractivity contribution in [2.45, 2.75) is 51.6 Å². The van der Waals surface area contributed by atoms with Gasteiger partial charge in [0.05, 0.1) is 6.54 Å². The molecular formula is C16H24N4O2. The fraction of sp³-hybridized carbons (Fsp3) is 0.688. The van der Waals surface area contributed by atoms with Gasteiger partial charge in [0.25, 0.3) is 0 Å². The van der Waals surface area contributed by atoms with E-state index >= 15 is 0 Å². The van der Waals surface area contributed by atoms with Gasteiger partial charge >= 0.3 is 5.97 Å². The van der Waals surface area contributed by atoms with Crippen molar-refractivity contribution in [3.63, 3.8) is 0 Å². The van der Waals surface area contributed by atoms with E-state index in [2.05, 4.69) is 20.2 Å². The second-order valence-corrected chi connectivity index (χ2v) is 6.71. The Labute approximate surface area is 131 Å². The number of rotatable bonds is 7. The monoisotopic (exact) mass is 304 g/mol. The first-order valence-electron chi connectivity index (χ1n) is 8.04. The summed E-state index contributed by atoms with van der Waals surface area (Å²) in [7, 11) is 0. The lowest BCUT2D eigenvalue weighted by Gasteiger charge is -2.42. The molecule has 120 valence electrons. The van der Waals surface area contributed by atoms with Crippen molar-refractivity contribution in [1.82, 2.24) is 14.9 Å². The van der Waals surface area contributed by atoms with E-state index in [-0.39, 0.29) is 6.54 Å². The van der Waals surface area contributed by atoms with Crippen LogP contribution in [0.15, 0.2) is 6.07 Å². The highest BCUT2D eigenvalue weighted by Crippen LogP contribution is 2.34. The number of hydrogen-bond acceptors (Lipinski definition) is 5. The van der Waals surface area contributed by atoms with Crippen LogP contribution in [0, 0.1) is 19.8 Å². The molecule has 22 heavy (non-hydrogen) atoms. The fourth-order valence-electron chi connectivity index (χ4n) is 3.13. The predicted octanol–water partition coefficient (Wildman–Crippen LogP) is 1.83. The molecule has 2 N–H and O–H groups in total. The van der Waals surface area contributed by atoms with E-state index < -0.39 is 5.97 Å². The zero-order chi connectivity index (χ0) is 15.7. The van der Waals surface area contributed by atoms with Gasteiger partial charge in [-0.1, -0.05) is 0 Å². The first-order chi connectivity index (χ1) is 10.5. The lowest BCUT2D eigenvalue weighted by Crippen LogP contribution is -2.52. The van der Waals surface area contributed by atoms with E-state index in [1.54, 1.807) is 0 Å². The number of hydrogen-bond donors (Lipinski definition) is 2. The average Bonchev–Trinajstić information content (AvgIpc) is 3.14. The molecule has 0 aromatic carbocycles. The Bertz CT molecular complexity index is 533. The summed E-state index contributed by atoms with van der Waals surface area (Å²) in [5, 5.41) is 12.4. The number of anilines is 1.